The van der Waals surface area contributed by atoms with Crippen LogP contribution in [0.4, 0.5) is 14.4 Å². The Morgan fingerprint density at radius 1 is 0.283 bits per heavy atom. The van der Waals surface area contributed by atoms with E-state index in [4.69, 9.17) is 42.6 Å². The average Bonchev–Trinajstić information content (AvgIpc) is 1.63. The van der Waals surface area contributed by atoms with Gasteiger partial charge in [0.25, 0.3) is 0 Å². The Labute approximate surface area is 619 Å². The van der Waals surface area contributed by atoms with Crippen LogP contribution in [-0.2, 0) is 61.8 Å². The molecule has 1 aliphatic heterocycles. The molecular formula is C79H100N10O17. The van der Waals surface area contributed by atoms with E-state index in [2.05, 4.69) is 105 Å². The van der Waals surface area contributed by atoms with E-state index < -0.39 is 24.2 Å². The van der Waals surface area contributed by atoms with E-state index in [1.165, 1.54) is 0 Å². The van der Waals surface area contributed by atoms with Crippen LogP contribution in [0.15, 0.2) is 146 Å². The van der Waals surface area contributed by atoms with Crippen LogP contribution in [0.25, 0.3) is 33.4 Å². The molecule has 27 heteroatoms. The van der Waals surface area contributed by atoms with Gasteiger partial charge in [0.2, 0.25) is 17.7 Å². The SMILES string of the molecule is O=C(O)CN1CCN(CC(=O)NCCOCCOCCNC(=O)OCC2c3ccccc3-c3ccccc32)CCN(CC(=O)NCCOCCOCCNC(=O)OCC2c3ccccc3-c3ccccc32)CCN(CC(=O)NCCOCCOCCNC(=O)OCC2c3ccccc3-c3ccccc32)CC1. The number of nitrogens with one attached hydrogen (secondary N) is 6. The number of carbonyl (C=O) groups excluding carboxylic acids is 6. The van der Waals surface area contributed by atoms with Crippen LogP contribution in [0.5, 0.6) is 0 Å². The predicted molar refractivity (Wildman–Crippen MR) is 397 cm³/mol. The van der Waals surface area contributed by atoms with E-state index in [-0.39, 0.29) is 200 Å². The summed E-state index contributed by atoms with van der Waals surface area (Å²) in [6, 6.07) is 48.9. The quantitative estimate of drug-likeness (QED) is 0.0188. The number of benzene rings is 6. The van der Waals surface area contributed by atoms with Gasteiger partial charge < -0.3 is 79.6 Å². The zero-order valence-electron chi connectivity index (χ0n) is 60.2. The zero-order valence-corrected chi connectivity index (χ0v) is 60.2. The van der Waals surface area contributed by atoms with Crippen LogP contribution in [0.3, 0.4) is 0 Å². The number of hydrogen-bond donors (Lipinski definition) is 7. The molecule has 0 radical (unpaired) electrons. The van der Waals surface area contributed by atoms with Crippen LogP contribution in [0.1, 0.15) is 51.1 Å². The van der Waals surface area contributed by atoms with Gasteiger partial charge in [-0.25, -0.2) is 14.4 Å². The fourth-order valence-electron chi connectivity index (χ4n) is 13.6. The topological polar surface area (TPSA) is 308 Å². The molecule has 6 amide bonds. The van der Waals surface area contributed by atoms with Gasteiger partial charge >= 0.3 is 24.2 Å². The molecule has 0 saturated carbocycles. The third-order valence-corrected chi connectivity index (χ3v) is 18.8. The first-order chi connectivity index (χ1) is 51.9. The molecule has 1 saturated heterocycles. The van der Waals surface area contributed by atoms with Gasteiger partial charge in [0.1, 0.15) is 19.8 Å². The predicted octanol–water partition coefficient (Wildman–Crippen LogP) is 5.36. The second-order valence-electron chi connectivity index (χ2n) is 26.0. The molecule has 1 fully saturated rings. The van der Waals surface area contributed by atoms with Crippen molar-refractivity contribution >= 4 is 42.0 Å². The number of aliphatic carboxylic acids is 1. The lowest BCUT2D eigenvalue weighted by molar-refractivity contribution is -0.138. The molecule has 3 aliphatic carbocycles. The Morgan fingerprint density at radius 2 is 0.481 bits per heavy atom. The van der Waals surface area contributed by atoms with Gasteiger partial charge in [-0.3, -0.25) is 38.8 Å². The number of alkyl carbamates (subject to hydrolysis) is 3. The largest absolute Gasteiger partial charge is 0.480 e. The van der Waals surface area contributed by atoms with E-state index in [1.54, 1.807) is 4.90 Å². The van der Waals surface area contributed by atoms with E-state index in [1.807, 2.05) is 87.5 Å². The minimum Gasteiger partial charge on any atom is -0.480 e. The van der Waals surface area contributed by atoms with Crippen molar-refractivity contribution in [1.82, 2.24) is 51.5 Å². The molecule has 4 aliphatic rings. The zero-order chi connectivity index (χ0) is 73.9. The van der Waals surface area contributed by atoms with E-state index in [0.29, 0.717) is 52.4 Å². The Balaban J connectivity index is 0.606. The van der Waals surface area contributed by atoms with Gasteiger partial charge in [-0.1, -0.05) is 146 Å². The van der Waals surface area contributed by atoms with Crippen molar-refractivity contribution in [2.24, 2.45) is 0 Å². The van der Waals surface area contributed by atoms with E-state index in [9.17, 15) is 38.7 Å². The van der Waals surface area contributed by atoms with Gasteiger partial charge in [-0.2, -0.15) is 0 Å². The fourth-order valence-corrected chi connectivity index (χ4v) is 13.6. The van der Waals surface area contributed by atoms with Crippen LogP contribution in [0.2, 0.25) is 0 Å². The van der Waals surface area contributed by atoms with Gasteiger partial charge in [0, 0.05) is 109 Å². The van der Waals surface area contributed by atoms with Gasteiger partial charge in [-0.05, 0) is 66.8 Å². The molecule has 0 atom stereocenters. The number of hydrogen-bond acceptors (Lipinski definition) is 20. The second kappa shape index (κ2) is 43.3. The Hall–Kier alpha value is -9.39. The molecule has 0 unspecified atom stereocenters. The first kappa shape index (κ1) is 79.2. The molecule has 0 aromatic heterocycles. The maximum Gasteiger partial charge on any atom is 0.407 e. The molecule has 10 rings (SSSR count). The van der Waals surface area contributed by atoms with Gasteiger partial charge in [-0.15, -0.1) is 0 Å². The first-order valence-electron chi connectivity index (χ1n) is 36.6. The lowest BCUT2D eigenvalue weighted by Gasteiger charge is -2.33. The number of carboxylic acid groups (broad SMARTS) is 1. The molecule has 106 heavy (non-hydrogen) atoms. The monoisotopic (exact) mass is 1460 g/mol. The standard InChI is InChI=1S/C79H100N10O17/c90-73(80-25-39-98-45-48-101-42-28-83-77(95)104-55-70-64-19-7-1-13-58(64)59-14-2-8-20-65(59)70)51-86-31-33-87(52-74(91)81-26-40-99-46-49-102-43-29-84-78(96)105-56-71-66-21-9-3-15-60(66)61-16-4-10-22-67(61)71)35-37-89(54-76(93)94)38-36-88(34-32-86)53-75(92)82-27-41-100-47-50-103-44-30-85-79(97)106-57-72-68-23-11-5-17-62(68)63-18-6-12-24-69(63)72/h1-24,70-72H,25-57H2,(H,80,90)(H,81,91)(H,82,92)(H,83,95)(H,84,96)(H,85,97)(H,93,94). The Morgan fingerprint density at radius 3 is 0.698 bits per heavy atom. The summed E-state index contributed by atoms with van der Waals surface area (Å²) in [4.78, 5) is 98.0. The highest BCUT2D eigenvalue weighted by atomic mass is 16.6. The highest BCUT2D eigenvalue weighted by Gasteiger charge is 2.32. The summed E-state index contributed by atoms with van der Waals surface area (Å²) in [5.74, 6) is -1.91. The van der Waals surface area contributed by atoms with Gasteiger partial charge in [0.05, 0.1) is 105 Å². The van der Waals surface area contributed by atoms with Crippen LogP contribution < -0.4 is 31.9 Å². The number of rotatable bonds is 41. The summed E-state index contributed by atoms with van der Waals surface area (Å²) in [5.41, 5.74) is 13.7. The normalized spacial score (nSPS) is 14.8. The molecule has 6 aromatic carbocycles. The number of nitrogens with zero attached hydrogens (tertiary/aromatic N) is 4. The minimum absolute atomic E-state index is 0.00308. The number of carbonyl (C=O) groups is 7. The summed E-state index contributed by atoms with van der Waals surface area (Å²) in [6.07, 6.45) is -1.58. The van der Waals surface area contributed by atoms with Crippen LogP contribution in [-0.4, -0.2) is 284 Å². The van der Waals surface area contributed by atoms with Crippen LogP contribution >= 0.6 is 0 Å². The lowest BCUT2D eigenvalue weighted by Crippen LogP contribution is -2.51. The molecule has 0 spiro atoms. The van der Waals surface area contributed by atoms with Crippen molar-refractivity contribution in [3.63, 3.8) is 0 Å². The molecular weight excluding hydrogens is 1360 g/mol. The molecule has 27 nitrogen and oxygen atoms in total. The Kier molecular flexibility index (Phi) is 32.3. The summed E-state index contributed by atoms with van der Waals surface area (Å²) >= 11 is 0. The maximum atomic E-state index is 13.6. The summed E-state index contributed by atoms with van der Waals surface area (Å²) < 4.78 is 51.0. The highest BCUT2D eigenvalue weighted by Crippen LogP contribution is 2.47. The molecule has 6 aromatic rings. The molecule has 7 N–H and O–H groups in total. The minimum atomic E-state index is -1.01. The van der Waals surface area contributed by atoms with Gasteiger partial charge in [0.15, 0.2) is 0 Å². The van der Waals surface area contributed by atoms with E-state index in [0.717, 1.165) is 66.8 Å². The van der Waals surface area contributed by atoms with Crippen molar-refractivity contribution in [2.45, 2.75) is 17.8 Å². The van der Waals surface area contributed by atoms with Crippen molar-refractivity contribution in [3.05, 3.63) is 179 Å². The third-order valence-electron chi connectivity index (χ3n) is 18.8. The van der Waals surface area contributed by atoms with Crippen molar-refractivity contribution < 1.29 is 81.3 Å². The summed E-state index contributed by atoms with van der Waals surface area (Å²) in [6.45, 7) is 7.60. The van der Waals surface area contributed by atoms with Crippen LogP contribution in [0, 0.1) is 0 Å². The average molecular weight is 1460 g/mol. The van der Waals surface area contributed by atoms with E-state index >= 15 is 0 Å². The third kappa shape index (κ3) is 24.9. The maximum absolute atomic E-state index is 13.6. The van der Waals surface area contributed by atoms with Crippen molar-refractivity contribution in [3.8, 4) is 33.4 Å². The second-order valence-corrected chi connectivity index (χ2v) is 26.0. The first-order valence-corrected chi connectivity index (χ1v) is 36.6. The fraction of sp³-hybridized carbons (Fsp3) is 0.456. The molecule has 568 valence electrons. The summed E-state index contributed by atoms with van der Waals surface area (Å²) in [7, 11) is 0. The number of fused-ring (bicyclic) bond motifs is 9. The highest BCUT2D eigenvalue weighted by molar-refractivity contribution is 5.82. The Bertz CT molecular complexity index is 3510. The summed E-state index contributed by atoms with van der Waals surface area (Å²) in [5, 5.41) is 26.9. The molecule has 1 heterocycles. The number of ether oxygens (including phenoxy) is 9. The van der Waals surface area contributed by atoms with Crippen molar-refractivity contribution in [2.75, 3.05) is 217 Å². The lowest BCUT2D eigenvalue weighted by atomic mass is 9.98. The number of carboxylic acids is 1. The number of amides is 6. The molecule has 0 bridgehead atoms. The van der Waals surface area contributed by atoms with Crippen molar-refractivity contribution in [1.29, 1.82) is 0 Å². The smallest absolute Gasteiger partial charge is 0.407 e.